The Bertz CT molecular complexity index is 411. The van der Waals surface area contributed by atoms with Gasteiger partial charge < -0.3 is 0 Å². The number of carbonyl (C=O) groups excluding carboxylic acids is 1. The normalized spacial score (nSPS) is 11.6. The predicted octanol–water partition coefficient (Wildman–Crippen LogP) is 3.65. The summed E-state index contributed by atoms with van der Waals surface area (Å²) >= 11 is 1.53. The first kappa shape index (κ1) is 12.4. The quantitative estimate of drug-likeness (QED) is 0.436. The monoisotopic (exact) mass is 332 g/mol. The van der Waals surface area contributed by atoms with E-state index in [1.54, 1.807) is 0 Å². The number of rotatable bonds is 1. The van der Waals surface area contributed by atoms with Crippen molar-refractivity contribution in [3.05, 3.63) is 32.6 Å². The van der Waals surface area contributed by atoms with E-state index in [0.717, 1.165) is 13.0 Å². The van der Waals surface area contributed by atoms with Crippen molar-refractivity contribution in [1.82, 2.24) is 0 Å². The Labute approximate surface area is 96.6 Å². The van der Waals surface area contributed by atoms with Gasteiger partial charge in [0.05, 0.1) is 5.56 Å². The molecule has 1 rings (SSSR count). The van der Waals surface area contributed by atoms with Gasteiger partial charge in [-0.05, 0) is 41.6 Å². The molecule has 0 N–H and O–H groups in total. The van der Waals surface area contributed by atoms with Crippen LogP contribution in [-0.2, 0) is 6.18 Å². The lowest BCUT2D eigenvalue weighted by Crippen LogP contribution is -2.13. The van der Waals surface area contributed by atoms with Gasteiger partial charge in [-0.3, -0.25) is 4.79 Å². The zero-order chi connectivity index (χ0) is 11.8. The molecule has 82 valence electrons. The van der Waals surface area contributed by atoms with Crippen LogP contribution < -0.4 is 0 Å². The van der Waals surface area contributed by atoms with Crippen LogP contribution in [0.3, 0.4) is 0 Å². The smallest absolute Gasteiger partial charge is 0.294 e. The number of ketones is 1. The van der Waals surface area contributed by atoms with Gasteiger partial charge in [0.2, 0.25) is 0 Å². The Balaban J connectivity index is 3.49. The van der Waals surface area contributed by atoms with E-state index in [1.807, 2.05) is 0 Å². The maximum Gasteiger partial charge on any atom is 0.417 e. The molecule has 0 saturated heterocycles. The van der Waals surface area contributed by atoms with E-state index in [0.29, 0.717) is 6.07 Å². The van der Waals surface area contributed by atoms with Crippen LogP contribution in [0.15, 0.2) is 12.1 Å². The zero-order valence-corrected chi connectivity index (χ0v) is 9.61. The Hall–Kier alpha value is -0.660. The Morgan fingerprint density at radius 2 is 1.87 bits per heavy atom. The summed E-state index contributed by atoms with van der Waals surface area (Å²) in [6.45, 7) is 1.01. The fraction of sp³-hybridized carbons (Fsp3) is 0.222. The SMILES string of the molecule is CC(=O)c1cc(I)c(F)cc1C(F)(F)F. The van der Waals surface area contributed by atoms with Crippen molar-refractivity contribution in [2.24, 2.45) is 0 Å². The van der Waals surface area contributed by atoms with Gasteiger partial charge in [-0.1, -0.05) is 0 Å². The topological polar surface area (TPSA) is 17.1 Å². The van der Waals surface area contributed by atoms with Gasteiger partial charge in [-0.15, -0.1) is 0 Å². The lowest BCUT2D eigenvalue weighted by atomic mass is 10.0. The summed E-state index contributed by atoms with van der Waals surface area (Å²) in [6.07, 6.45) is -4.72. The van der Waals surface area contributed by atoms with Crippen molar-refractivity contribution in [3.8, 4) is 0 Å². The van der Waals surface area contributed by atoms with Crippen LogP contribution in [0.2, 0.25) is 0 Å². The van der Waals surface area contributed by atoms with Gasteiger partial charge in [-0.25, -0.2) is 4.39 Å². The molecular weight excluding hydrogens is 327 g/mol. The van der Waals surface area contributed by atoms with Gasteiger partial charge in [0.25, 0.3) is 0 Å². The number of benzene rings is 1. The van der Waals surface area contributed by atoms with E-state index in [4.69, 9.17) is 0 Å². The second-order valence-electron chi connectivity index (χ2n) is 2.87. The lowest BCUT2D eigenvalue weighted by Gasteiger charge is -2.11. The van der Waals surface area contributed by atoms with Crippen LogP contribution in [0, 0.1) is 9.39 Å². The molecule has 0 heterocycles. The average Bonchev–Trinajstić information content (AvgIpc) is 2.06. The van der Waals surface area contributed by atoms with E-state index in [-0.39, 0.29) is 3.57 Å². The van der Waals surface area contributed by atoms with E-state index in [1.165, 1.54) is 22.6 Å². The van der Waals surface area contributed by atoms with Crippen LogP contribution in [0.4, 0.5) is 17.6 Å². The molecule has 0 aromatic heterocycles. The molecule has 0 bridgehead atoms. The van der Waals surface area contributed by atoms with Crippen molar-refractivity contribution in [1.29, 1.82) is 0 Å². The first-order valence-corrected chi connectivity index (χ1v) is 4.88. The third kappa shape index (κ3) is 2.67. The van der Waals surface area contributed by atoms with Crippen LogP contribution >= 0.6 is 22.6 Å². The van der Waals surface area contributed by atoms with Gasteiger partial charge in [0, 0.05) is 9.13 Å². The van der Waals surface area contributed by atoms with Crippen LogP contribution in [0.1, 0.15) is 22.8 Å². The zero-order valence-electron chi connectivity index (χ0n) is 7.45. The molecule has 0 spiro atoms. The van der Waals surface area contributed by atoms with E-state index >= 15 is 0 Å². The highest BCUT2D eigenvalue weighted by atomic mass is 127. The largest absolute Gasteiger partial charge is 0.417 e. The van der Waals surface area contributed by atoms with Crippen molar-refractivity contribution in [2.75, 3.05) is 0 Å². The first-order valence-electron chi connectivity index (χ1n) is 3.80. The third-order valence-electron chi connectivity index (χ3n) is 1.75. The fourth-order valence-corrected chi connectivity index (χ4v) is 1.54. The van der Waals surface area contributed by atoms with E-state index in [9.17, 15) is 22.4 Å². The summed E-state index contributed by atoms with van der Waals surface area (Å²) in [5.74, 6) is -1.71. The summed E-state index contributed by atoms with van der Waals surface area (Å²) in [6, 6.07) is 1.25. The number of alkyl halides is 3. The molecule has 0 aliphatic carbocycles. The highest BCUT2D eigenvalue weighted by Gasteiger charge is 2.35. The molecule has 0 fully saturated rings. The minimum Gasteiger partial charge on any atom is -0.294 e. The van der Waals surface area contributed by atoms with Crippen molar-refractivity contribution >= 4 is 28.4 Å². The van der Waals surface area contributed by atoms with E-state index in [2.05, 4.69) is 0 Å². The van der Waals surface area contributed by atoms with Gasteiger partial charge in [0.15, 0.2) is 5.78 Å². The third-order valence-corrected chi connectivity index (χ3v) is 2.57. The van der Waals surface area contributed by atoms with E-state index < -0.39 is 28.9 Å². The maximum atomic E-state index is 12.9. The lowest BCUT2D eigenvalue weighted by molar-refractivity contribution is -0.138. The highest BCUT2D eigenvalue weighted by molar-refractivity contribution is 14.1. The molecule has 0 aliphatic heterocycles. The minimum atomic E-state index is -4.72. The van der Waals surface area contributed by atoms with Crippen molar-refractivity contribution in [2.45, 2.75) is 13.1 Å². The molecule has 6 heteroatoms. The van der Waals surface area contributed by atoms with Gasteiger partial charge in [0.1, 0.15) is 5.82 Å². The average molecular weight is 332 g/mol. The summed E-state index contributed by atoms with van der Waals surface area (Å²) in [5, 5.41) is 0. The van der Waals surface area contributed by atoms with Gasteiger partial charge in [-0.2, -0.15) is 13.2 Å². The summed E-state index contributed by atoms with van der Waals surface area (Å²) in [5.41, 5.74) is -1.73. The number of hydrogen-bond donors (Lipinski definition) is 0. The molecular formula is C9H5F4IO. The molecule has 1 aromatic rings. The fourth-order valence-electron chi connectivity index (χ4n) is 1.07. The summed E-state index contributed by atoms with van der Waals surface area (Å²) in [7, 11) is 0. The number of Topliss-reactive ketones (excluding diaryl/α,β-unsaturated/α-hetero) is 1. The molecule has 15 heavy (non-hydrogen) atoms. The van der Waals surface area contributed by atoms with Crippen molar-refractivity contribution in [3.63, 3.8) is 0 Å². The standard InChI is InChI=1S/C9H5F4IO/c1-4(15)5-2-8(14)7(10)3-6(5)9(11,12)13/h2-3H,1H3. The Morgan fingerprint density at radius 1 is 1.33 bits per heavy atom. The van der Waals surface area contributed by atoms with Gasteiger partial charge >= 0.3 is 6.18 Å². The molecule has 1 aromatic carbocycles. The number of hydrogen-bond acceptors (Lipinski definition) is 1. The summed E-state index contributed by atoms with van der Waals surface area (Å²) < 4.78 is 50.1. The molecule has 0 amide bonds. The second-order valence-corrected chi connectivity index (χ2v) is 4.03. The molecule has 0 unspecified atom stereocenters. The molecule has 0 aliphatic rings. The maximum absolute atomic E-state index is 12.9. The van der Waals surface area contributed by atoms with Crippen LogP contribution in [0.25, 0.3) is 0 Å². The van der Waals surface area contributed by atoms with Crippen LogP contribution in [0.5, 0.6) is 0 Å². The Kier molecular flexibility index (Phi) is 3.37. The molecule has 0 atom stereocenters. The second kappa shape index (κ2) is 4.07. The predicted molar refractivity (Wildman–Crippen MR) is 54.1 cm³/mol. The molecule has 1 nitrogen and oxygen atoms in total. The first-order chi connectivity index (χ1) is 6.73. The minimum absolute atomic E-state index is 0.00852. The molecule has 0 saturated carbocycles. The molecule has 0 radical (unpaired) electrons. The summed E-state index contributed by atoms with van der Waals surface area (Å²) in [4.78, 5) is 11.0. The van der Waals surface area contributed by atoms with Crippen molar-refractivity contribution < 1.29 is 22.4 Å². The Morgan fingerprint density at radius 3 is 2.27 bits per heavy atom. The number of halogens is 5. The highest BCUT2D eigenvalue weighted by Crippen LogP contribution is 2.33. The number of carbonyl (C=O) groups is 1. The van der Waals surface area contributed by atoms with Crippen LogP contribution in [-0.4, -0.2) is 5.78 Å².